The smallest absolute Gasteiger partial charge is 0.222 e. The van der Waals surface area contributed by atoms with E-state index in [0.717, 1.165) is 62.3 Å². The van der Waals surface area contributed by atoms with Crippen LogP contribution in [0.2, 0.25) is 0 Å². The summed E-state index contributed by atoms with van der Waals surface area (Å²) in [5, 5.41) is 0. The van der Waals surface area contributed by atoms with Crippen molar-refractivity contribution in [1.82, 2.24) is 9.80 Å². The van der Waals surface area contributed by atoms with Crippen molar-refractivity contribution in [3.8, 4) is 0 Å². The first-order valence-electron chi connectivity index (χ1n) is 9.78. The molecule has 6 heteroatoms. The monoisotopic (exact) mass is 408 g/mol. The third-order valence-electron chi connectivity index (χ3n) is 5.03. The second kappa shape index (κ2) is 10.6. The predicted octanol–water partition coefficient (Wildman–Crippen LogP) is 4.59. The Labute approximate surface area is 173 Å². The number of fused-ring (bicyclic) bond motifs is 1. The second-order valence-electron chi connectivity index (χ2n) is 7.65. The molecule has 0 radical (unpaired) electrons. The van der Waals surface area contributed by atoms with Crippen molar-refractivity contribution in [1.29, 1.82) is 0 Å². The van der Waals surface area contributed by atoms with Crippen LogP contribution in [0.4, 0.5) is 4.39 Å². The summed E-state index contributed by atoms with van der Waals surface area (Å²) in [6, 6.07) is 8.80. The van der Waals surface area contributed by atoms with Gasteiger partial charge in [-0.25, -0.2) is 4.39 Å². The topological polar surface area (TPSA) is 36.7 Å². The molecule has 0 aliphatic carbocycles. The largest absolute Gasteiger partial charge is 0.463 e. The van der Waals surface area contributed by atoms with Crippen molar-refractivity contribution >= 4 is 18.3 Å². The molecule has 0 spiro atoms. The molecular formula is C22H30ClFN2O2. The van der Waals surface area contributed by atoms with Gasteiger partial charge >= 0.3 is 0 Å². The van der Waals surface area contributed by atoms with E-state index in [2.05, 4.69) is 11.0 Å². The summed E-state index contributed by atoms with van der Waals surface area (Å²) >= 11 is 0. The number of hydrogen-bond donors (Lipinski definition) is 0. The van der Waals surface area contributed by atoms with Gasteiger partial charge in [-0.05, 0) is 69.1 Å². The summed E-state index contributed by atoms with van der Waals surface area (Å²) in [6.07, 6.45) is 5.33. The van der Waals surface area contributed by atoms with E-state index in [-0.39, 0.29) is 24.1 Å². The molecule has 1 aliphatic heterocycles. The highest BCUT2D eigenvalue weighted by Crippen LogP contribution is 2.24. The van der Waals surface area contributed by atoms with Crippen molar-refractivity contribution in [3.63, 3.8) is 0 Å². The molecule has 3 rings (SSSR count). The van der Waals surface area contributed by atoms with Crippen LogP contribution < -0.4 is 0 Å². The molecule has 0 fully saturated rings. The summed E-state index contributed by atoms with van der Waals surface area (Å²) < 4.78 is 18.8. The van der Waals surface area contributed by atoms with E-state index in [4.69, 9.17) is 4.42 Å². The maximum Gasteiger partial charge on any atom is 0.222 e. The predicted molar refractivity (Wildman–Crippen MR) is 111 cm³/mol. The average molecular weight is 409 g/mol. The molecule has 28 heavy (non-hydrogen) atoms. The number of hydrogen-bond acceptors (Lipinski definition) is 3. The standard InChI is InChI=1S/C22H29FN2O2.ClH/c1-24(2)15-20-14-18-12-13-25(16-21(18)27-20)22(26)7-5-3-4-6-17-8-10-19(23)11-9-17;/h8-11,14H,3-7,12-13,15-16H2,1-2H3;1H. The molecule has 0 atom stereocenters. The fourth-order valence-electron chi connectivity index (χ4n) is 3.58. The first-order valence-corrected chi connectivity index (χ1v) is 9.78. The lowest BCUT2D eigenvalue weighted by atomic mass is 10.0. The minimum absolute atomic E-state index is 0. The SMILES string of the molecule is CN(C)Cc1cc2c(o1)CN(C(=O)CCCCCc1ccc(F)cc1)CC2.Cl. The molecule has 2 aromatic rings. The van der Waals surface area contributed by atoms with Gasteiger partial charge in [0.15, 0.2) is 0 Å². The molecule has 4 nitrogen and oxygen atoms in total. The molecule has 0 saturated carbocycles. The average Bonchev–Trinajstić information content (AvgIpc) is 3.03. The van der Waals surface area contributed by atoms with Crippen LogP contribution in [-0.2, 0) is 30.7 Å². The molecule has 0 N–H and O–H groups in total. The molecule has 0 unspecified atom stereocenters. The van der Waals surface area contributed by atoms with Crippen LogP contribution in [0.1, 0.15) is 48.3 Å². The van der Waals surface area contributed by atoms with E-state index in [9.17, 15) is 9.18 Å². The summed E-state index contributed by atoms with van der Waals surface area (Å²) in [5.41, 5.74) is 2.40. The molecule has 154 valence electrons. The Balaban J connectivity index is 0.00000280. The molecular weight excluding hydrogens is 379 g/mol. The zero-order chi connectivity index (χ0) is 19.2. The Morgan fingerprint density at radius 2 is 1.93 bits per heavy atom. The number of nitrogens with zero attached hydrogens (tertiary/aromatic N) is 2. The van der Waals surface area contributed by atoms with Crippen LogP contribution >= 0.6 is 12.4 Å². The van der Waals surface area contributed by atoms with Crippen molar-refractivity contribution < 1.29 is 13.6 Å². The van der Waals surface area contributed by atoms with E-state index < -0.39 is 0 Å². The number of carbonyl (C=O) groups excluding carboxylic acids is 1. The zero-order valence-corrected chi connectivity index (χ0v) is 17.6. The van der Waals surface area contributed by atoms with E-state index in [1.165, 1.54) is 17.7 Å². The summed E-state index contributed by atoms with van der Waals surface area (Å²) in [7, 11) is 4.04. The Kier molecular flexibility index (Phi) is 8.52. The maximum atomic E-state index is 12.9. The first kappa shape index (κ1) is 22.4. The highest BCUT2D eigenvalue weighted by molar-refractivity contribution is 5.85. The van der Waals surface area contributed by atoms with Crippen molar-refractivity contribution in [3.05, 3.63) is 58.8 Å². The van der Waals surface area contributed by atoms with E-state index in [0.29, 0.717) is 13.0 Å². The molecule has 1 aromatic heterocycles. The van der Waals surface area contributed by atoms with Crippen LogP contribution in [0.15, 0.2) is 34.7 Å². The fraction of sp³-hybridized carbons (Fsp3) is 0.500. The Hall–Kier alpha value is -1.85. The summed E-state index contributed by atoms with van der Waals surface area (Å²) in [4.78, 5) is 16.5. The van der Waals surface area contributed by atoms with Gasteiger partial charge in [-0.2, -0.15) is 0 Å². The van der Waals surface area contributed by atoms with E-state index in [1.807, 2.05) is 31.1 Å². The Morgan fingerprint density at radius 1 is 1.18 bits per heavy atom. The number of furan rings is 1. The highest BCUT2D eigenvalue weighted by atomic mass is 35.5. The number of amides is 1. The fourth-order valence-corrected chi connectivity index (χ4v) is 3.58. The van der Waals surface area contributed by atoms with Crippen LogP contribution in [-0.4, -0.2) is 36.3 Å². The second-order valence-corrected chi connectivity index (χ2v) is 7.65. The van der Waals surface area contributed by atoms with Crippen molar-refractivity contribution in [2.24, 2.45) is 0 Å². The molecule has 1 amide bonds. The molecule has 1 aliphatic rings. The lowest BCUT2D eigenvalue weighted by molar-refractivity contribution is -0.132. The summed E-state index contributed by atoms with van der Waals surface area (Å²) in [5.74, 6) is 1.94. The zero-order valence-electron chi connectivity index (χ0n) is 16.7. The number of halogens is 2. The normalized spacial score (nSPS) is 13.4. The van der Waals surface area contributed by atoms with Crippen LogP contribution in [0.25, 0.3) is 0 Å². The van der Waals surface area contributed by atoms with Gasteiger partial charge < -0.3 is 14.2 Å². The summed E-state index contributed by atoms with van der Waals surface area (Å²) in [6.45, 7) is 2.16. The number of benzene rings is 1. The lowest BCUT2D eigenvalue weighted by Gasteiger charge is -2.26. The van der Waals surface area contributed by atoms with Gasteiger partial charge in [0.2, 0.25) is 5.91 Å². The number of unbranched alkanes of at least 4 members (excludes halogenated alkanes) is 2. The highest BCUT2D eigenvalue weighted by Gasteiger charge is 2.23. The van der Waals surface area contributed by atoms with Gasteiger partial charge in [0.25, 0.3) is 0 Å². The minimum Gasteiger partial charge on any atom is -0.463 e. The van der Waals surface area contributed by atoms with Gasteiger partial charge in [0, 0.05) is 13.0 Å². The van der Waals surface area contributed by atoms with Crippen LogP contribution in [0.5, 0.6) is 0 Å². The minimum atomic E-state index is -0.195. The molecule has 0 bridgehead atoms. The number of rotatable bonds is 8. The maximum absolute atomic E-state index is 12.9. The Bertz CT molecular complexity index is 758. The third kappa shape index (κ3) is 6.35. The van der Waals surface area contributed by atoms with E-state index >= 15 is 0 Å². The first-order chi connectivity index (χ1) is 13.0. The Morgan fingerprint density at radius 3 is 2.64 bits per heavy atom. The van der Waals surface area contributed by atoms with Gasteiger partial charge in [-0.3, -0.25) is 4.79 Å². The van der Waals surface area contributed by atoms with Gasteiger partial charge in [0.1, 0.15) is 17.3 Å². The van der Waals surface area contributed by atoms with Gasteiger partial charge in [-0.15, -0.1) is 12.4 Å². The molecule has 1 aromatic carbocycles. The number of carbonyl (C=O) groups is 1. The van der Waals surface area contributed by atoms with Crippen LogP contribution in [0.3, 0.4) is 0 Å². The van der Waals surface area contributed by atoms with Crippen molar-refractivity contribution in [2.75, 3.05) is 20.6 Å². The van der Waals surface area contributed by atoms with Gasteiger partial charge in [0.05, 0.1) is 13.1 Å². The molecule has 2 heterocycles. The quantitative estimate of drug-likeness (QED) is 0.599. The third-order valence-corrected chi connectivity index (χ3v) is 5.03. The number of aryl methyl sites for hydroxylation is 1. The van der Waals surface area contributed by atoms with Gasteiger partial charge in [-0.1, -0.05) is 18.6 Å². The van der Waals surface area contributed by atoms with E-state index in [1.54, 1.807) is 0 Å². The lowest BCUT2D eigenvalue weighted by Crippen LogP contribution is -2.35. The van der Waals surface area contributed by atoms with Crippen LogP contribution in [0, 0.1) is 5.82 Å². The molecule has 0 saturated heterocycles. The van der Waals surface area contributed by atoms with Crippen molar-refractivity contribution in [2.45, 2.75) is 51.6 Å².